The predicted molar refractivity (Wildman–Crippen MR) is 108 cm³/mol. The van der Waals surface area contributed by atoms with Gasteiger partial charge < -0.3 is 19.8 Å². The fraction of sp³-hybridized carbons (Fsp3) is 0.273. The number of fused-ring (bicyclic) bond motifs is 1. The van der Waals surface area contributed by atoms with Crippen LogP contribution < -0.4 is 10.1 Å². The highest BCUT2D eigenvalue weighted by atomic mass is 16.6. The van der Waals surface area contributed by atoms with E-state index in [0.717, 1.165) is 18.4 Å². The first-order valence-corrected chi connectivity index (χ1v) is 9.39. The lowest BCUT2D eigenvalue weighted by Gasteiger charge is -2.09. The largest absolute Gasteiger partial charge is 0.482 e. The second kappa shape index (κ2) is 9.60. The first-order valence-electron chi connectivity index (χ1n) is 9.39. The Kier molecular flexibility index (Phi) is 6.68. The maximum atomic E-state index is 12.2. The fourth-order valence-electron chi connectivity index (χ4n) is 3.01. The molecule has 0 fully saturated rings. The number of hydrogen-bond donors (Lipinski definition) is 2. The van der Waals surface area contributed by atoms with E-state index < -0.39 is 5.97 Å². The van der Waals surface area contributed by atoms with Gasteiger partial charge in [-0.1, -0.05) is 24.3 Å². The van der Waals surface area contributed by atoms with Crippen molar-refractivity contribution < 1.29 is 19.1 Å². The van der Waals surface area contributed by atoms with E-state index in [4.69, 9.17) is 9.47 Å². The molecular weight excluding hydrogens is 356 g/mol. The number of anilines is 1. The normalized spacial score (nSPS) is 10.6. The maximum Gasteiger partial charge on any atom is 0.344 e. The molecule has 146 valence electrons. The van der Waals surface area contributed by atoms with Gasteiger partial charge in [0.25, 0.3) is 0 Å². The van der Waals surface area contributed by atoms with Crippen LogP contribution in [-0.2, 0) is 20.7 Å². The van der Waals surface area contributed by atoms with Crippen molar-refractivity contribution in [2.24, 2.45) is 0 Å². The summed E-state index contributed by atoms with van der Waals surface area (Å²) in [6.07, 6.45) is 4.02. The summed E-state index contributed by atoms with van der Waals surface area (Å²) in [5.41, 5.74) is 2.97. The first kappa shape index (κ1) is 19.5. The summed E-state index contributed by atoms with van der Waals surface area (Å²) in [4.78, 5) is 26.8. The van der Waals surface area contributed by atoms with Crippen molar-refractivity contribution in [1.29, 1.82) is 0 Å². The number of aromatic nitrogens is 1. The van der Waals surface area contributed by atoms with Crippen LogP contribution in [0.25, 0.3) is 10.9 Å². The third-order valence-electron chi connectivity index (χ3n) is 4.30. The summed E-state index contributed by atoms with van der Waals surface area (Å²) in [7, 11) is 0. The number of hydrogen-bond acceptors (Lipinski definition) is 4. The molecule has 2 aromatic carbocycles. The maximum absolute atomic E-state index is 12.2. The van der Waals surface area contributed by atoms with Gasteiger partial charge in [0.05, 0.1) is 6.61 Å². The molecule has 0 aliphatic rings. The molecule has 0 saturated carbocycles. The molecule has 2 N–H and O–H groups in total. The number of aryl methyl sites for hydroxylation is 1. The van der Waals surface area contributed by atoms with Crippen molar-refractivity contribution in [3.8, 4) is 5.75 Å². The van der Waals surface area contributed by atoms with E-state index in [1.54, 1.807) is 31.2 Å². The van der Waals surface area contributed by atoms with Crippen LogP contribution >= 0.6 is 0 Å². The summed E-state index contributed by atoms with van der Waals surface area (Å²) in [5.74, 6) is 0.0289. The van der Waals surface area contributed by atoms with Crippen molar-refractivity contribution in [3.05, 3.63) is 60.3 Å². The summed E-state index contributed by atoms with van der Waals surface area (Å²) < 4.78 is 10.2. The minimum Gasteiger partial charge on any atom is -0.482 e. The van der Waals surface area contributed by atoms with Crippen LogP contribution in [0.4, 0.5) is 5.69 Å². The number of aromatic amines is 1. The second-order valence-electron chi connectivity index (χ2n) is 6.38. The zero-order valence-electron chi connectivity index (χ0n) is 15.9. The molecule has 0 aliphatic heterocycles. The lowest BCUT2D eigenvalue weighted by Crippen LogP contribution is -2.15. The molecule has 28 heavy (non-hydrogen) atoms. The molecule has 1 amide bonds. The number of rotatable bonds is 9. The van der Waals surface area contributed by atoms with Crippen molar-refractivity contribution >= 4 is 28.5 Å². The Hall–Kier alpha value is -3.28. The van der Waals surface area contributed by atoms with Gasteiger partial charge in [0.15, 0.2) is 6.61 Å². The van der Waals surface area contributed by atoms with E-state index in [9.17, 15) is 9.59 Å². The van der Waals surface area contributed by atoms with Gasteiger partial charge >= 0.3 is 5.97 Å². The number of nitrogens with one attached hydrogen (secondary N) is 2. The molecule has 6 nitrogen and oxygen atoms in total. The lowest BCUT2D eigenvalue weighted by atomic mass is 10.1. The first-order chi connectivity index (χ1) is 13.7. The van der Waals surface area contributed by atoms with Gasteiger partial charge in [-0.05, 0) is 43.5 Å². The van der Waals surface area contributed by atoms with Gasteiger partial charge in [-0.25, -0.2) is 4.79 Å². The zero-order valence-corrected chi connectivity index (χ0v) is 15.9. The van der Waals surface area contributed by atoms with Crippen molar-refractivity contribution in [3.63, 3.8) is 0 Å². The van der Waals surface area contributed by atoms with Crippen LogP contribution in [-0.4, -0.2) is 30.1 Å². The number of para-hydroxylation sites is 1. The van der Waals surface area contributed by atoms with Gasteiger partial charge in [0.1, 0.15) is 5.75 Å². The quantitative estimate of drug-likeness (QED) is 0.548. The highest BCUT2D eigenvalue weighted by molar-refractivity contribution is 5.91. The molecule has 0 aliphatic carbocycles. The number of carbonyl (C=O) groups is 2. The Balaban J connectivity index is 1.47. The van der Waals surface area contributed by atoms with Crippen LogP contribution in [0.3, 0.4) is 0 Å². The molecule has 0 unspecified atom stereocenters. The fourth-order valence-corrected chi connectivity index (χ4v) is 3.01. The van der Waals surface area contributed by atoms with E-state index >= 15 is 0 Å². The van der Waals surface area contributed by atoms with Crippen molar-refractivity contribution in [2.75, 3.05) is 18.5 Å². The number of amides is 1. The zero-order chi connectivity index (χ0) is 19.8. The van der Waals surface area contributed by atoms with E-state index in [-0.39, 0.29) is 12.5 Å². The van der Waals surface area contributed by atoms with E-state index in [2.05, 4.69) is 16.4 Å². The number of esters is 1. The Morgan fingerprint density at radius 3 is 2.82 bits per heavy atom. The third-order valence-corrected chi connectivity index (χ3v) is 4.30. The summed E-state index contributed by atoms with van der Waals surface area (Å²) in [5, 5.41) is 4.07. The van der Waals surface area contributed by atoms with Crippen LogP contribution in [0.2, 0.25) is 0 Å². The minimum absolute atomic E-state index is 0.0533. The van der Waals surface area contributed by atoms with Gasteiger partial charge in [0.2, 0.25) is 5.91 Å². The third kappa shape index (κ3) is 5.36. The molecule has 6 heteroatoms. The molecule has 0 spiro atoms. The highest BCUT2D eigenvalue weighted by Crippen LogP contribution is 2.20. The van der Waals surface area contributed by atoms with Crippen LogP contribution in [0.1, 0.15) is 25.3 Å². The monoisotopic (exact) mass is 380 g/mol. The Morgan fingerprint density at radius 2 is 1.96 bits per heavy atom. The number of H-pyrrole nitrogens is 1. The Labute approximate surface area is 163 Å². The molecule has 0 atom stereocenters. The SMILES string of the molecule is CCOC(=O)COc1cccc(NC(=O)CCCc2c[nH]c3ccccc23)c1. The van der Waals surface area contributed by atoms with E-state index in [1.807, 2.05) is 24.4 Å². The highest BCUT2D eigenvalue weighted by Gasteiger charge is 2.08. The smallest absolute Gasteiger partial charge is 0.344 e. The molecule has 0 radical (unpaired) electrons. The summed E-state index contributed by atoms with van der Waals surface area (Å²) in [6, 6.07) is 15.1. The minimum atomic E-state index is -0.422. The molecular formula is C22H24N2O4. The van der Waals surface area contributed by atoms with Gasteiger partial charge in [-0.2, -0.15) is 0 Å². The van der Waals surface area contributed by atoms with Crippen LogP contribution in [0.15, 0.2) is 54.7 Å². The topological polar surface area (TPSA) is 80.4 Å². The molecule has 0 saturated heterocycles. The van der Waals surface area contributed by atoms with E-state index in [0.29, 0.717) is 24.5 Å². The van der Waals surface area contributed by atoms with Crippen molar-refractivity contribution in [1.82, 2.24) is 4.98 Å². The van der Waals surface area contributed by atoms with Crippen LogP contribution in [0, 0.1) is 0 Å². The Bertz CT molecular complexity index is 948. The summed E-state index contributed by atoms with van der Waals surface area (Å²) in [6.45, 7) is 1.90. The Morgan fingerprint density at radius 1 is 1.11 bits per heavy atom. The van der Waals surface area contributed by atoms with Crippen molar-refractivity contribution in [2.45, 2.75) is 26.2 Å². The standard InChI is InChI=1S/C22H24N2O4/c1-2-27-22(26)15-28-18-9-6-8-17(13-18)24-21(25)12-5-7-16-14-23-20-11-4-3-10-19(16)20/h3-4,6,8-11,13-14,23H,2,5,7,12,15H2,1H3,(H,24,25). The number of carbonyl (C=O) groups excluding carboxylic acids is 2. The van der Waals surface area contributed by atoms with Gasteiger partial charge in [0, 0.05) is 35.3 Å². The predicted octanol–water partition coefficient (Wildman–Crippen LogP) is 4.07. The number of ether oxygens (including phenoxy) is 2. The molecule has 3 aromatic rings. The lowest BCUT2D eigenvalue weighted by molar-refractivity contribution is -0.145. The molecule has 1 heterocycles. The molecule has 0 bridgehead atoms. The average Bonchev–Trinajstić information content (AvgIpc) is 3.10. The second-order valence-corrected chi connectivity index (χ2v) is 6.38. The van der Waals surface area contributed by atoms with Gasteiger partial charge in [-0.15, -0.1) is 0 Å². The van der Waals surface area contributed by atoms with Gasteiger partial charge in [-0.3, -0.25) is 4.79 Å². The molecule has 1 aromatic heterocycles. The van der Waals surface area contributed by atoms with E-state index in [1.165, 1.54) is 10.9 Å². The van der Waals surface area contributed by atoms with Crippen LogP contribution in [0.5, 0.6) is 5.75 Å². The number of benzene rings is 2. The summed E-state index contributed by atoms with van der Waals surface area (Å²) >= 11 is 0. The average molecular weight is 380 g/mol. The molecule has 3 rings (SSSR count).